The molecule has 1 aromatic heterocycles. The number of carbonyl (C=O) groups is 1. The molecule has 94 valence electrons. The number of carbonyl (C=O) groups excluding carboxylic acids is 1. The molecular formula is C13H15N3O2. The van der Waals surface area contributed by atoms with Gasteiger partial charge in [0.25, 0.3) is 5.91 Å². The molecule has 5 heteroatoms. The number of hydrogen-bond acceptors (Lipinski definition) is 3. The number of para-hydroxylation sites is 1. The molecule has 0 aliphatic heterocycles. The van der Waals surface area contributed by atoms with E-state index in [9.17, 15) is 4.79 Å². The van der Waals surface area contributed by atoms with Crippen LogP contribution in [0.3, 0.4) is 0 Å². The van der Waals surface area contributed by atoms with Crippen molar-refractivity contribution in [2.75, 3.05) is 7.11 Å². The minimum Gasteiger partial charge on any atom is -0.496 e. The highest BCUT2D eigenvalue weighted by Crippen LogP contribution is 2.18. The molecule has 2 N–H and O–H groups in total. The summed E-state index contributed by atoms with van der Waals surface area (Å²) in [5, 5.41) is 2.86. The average molecular weight is 245 g/mol. The van der Waals surface area contributed by atoms with Crippen molar-refractivity contribution < 1.29 is 9.53 Å². The van der Waals surface area contributed by atoms with E-state index in [2.05, 4.69) is 15.3 Å². The molecule has 0 radical (unpaired) electrons. The quantitative estimate of drug-likeness (QED) is 0.864. The number of rotatable bonds is 4. The minimum absolute atomic E-state index is 0.183. The van der Waals surface area contributed by atoms with Crippen molar-refractivity contribution in [1.29, 1.82) is 0 Å². The fourth-order valence-corrected chi connectivity index (χ4v) is 1.69. The van der Waals surface area contributed by atoms with Gasteiger partial charge in [0.15, 0.2) is 0 Å². The third kappa shape index (κ3) is 2.51. The highest BCUT2D eigenvalue weighted by Gasteiger charge is 2.15. The minimum atomic E-state index is -0.184. The van der Waals surface area contributed by atoms with Gasteiger partial charge in [0.1, 0.15) is 11.6 Å². The van der Waals surface area contributed by atoms with Crippen molar-refractivity contribution in [2.24, 2.45) is 0 Å². The molecule has 0 aliphatic carbocycles. The molecule has 0 fully saturated rings. The number of nitrogens with zero attached hydrogens (tertiary/aromatic N) is 1. The number of benzene rings is 1. The van der Waals surface area contributed by atoms with E-state index in [0.29, 0.717) is 11.3 Å². The molecule has 0 spiro atoms. The summed E-state index contributed by atoms with van der Waals surface area (Å²) in [6.45, 7) is 1.87. The van der Waals surface area contributed by atoms with Crippen LogP contribution in [0.25, 0.3) is 0 Å². The third-order valence-corrected chi connectivity index (χ3v) is 2.63. The van der Waals surface area contributed by atoms with Gasteiger partial charge in [-0.1, -0.05) is 12.1 Å². The highest BCUT2D eigenvalue weighted by atomic mass is 16.5. The average Bonchev–Trinajstić information content (AvgIpc) is 2.92. The summed E-state index contributed by atoms with van der Waals surface area (Å²) in [6, 6.07) is 6.92. The van der Waals surface area contributed by atoms with E-state index in [1.54, 1.807) is 37.7 Å². The molecule has 1 atom stereocenters. The molecule has 1 amide bonds. The van der Waals surface area contributed by atoms with Crippen molar-refractivity contribution in [2.45, 2.75) is 13.0 Å². The lowest BCUT2D eigenvalue weighted by Gasteiger charge is -2.13. The first-order valence-electron chi connectivity index (χ1n) is 5.65. The van der Waals surface area contributed by atoms with Gasteiger partial charge in [-0.3, -0.25) is 4.79 Å². The van der Waals surface area contributed by atoms with Gasteiger partial charge < -0.3 is 15.0 Å². The van der Waals surface area contributed by atoms with Crippen molar-refractivity contribution >= 4 is 5.91 Å². The number of nitrogens with one attached hydrogen (secondary N) is 2. The molecule has 2 aromatic rings. The van der Waals surface area contributed by atoms with Gasteiger partial charge in [-0.25, -0.2) is 4.98 Å². The van der Waals surface area contributed by atoms with Crippen LogP contribution >= 0.6 is 0 Å². The van der Waals surface area contributed by atoms with Gasteiger partial charge in [-0.2, -0.15) is 0 Å². The van der Waals surface area contributed by atoms with Crippen molar-refractivity contribution in [1.82, 2.24) is 15.3 Å². The third-order valence-electron chi connectivity index (χ3n) is 2.63. The Labute approximate surface area is 105 Å². The van der Waals surface area contributed by atoms with Crippen LogP contribution in [0.15, 0.2) is 36.7 Å². The topological polar surface area (TPSA) is 67.0 Å². The zero-order valence-corrected chi connectivity index (χ0v) is 10.3. The predicted molar refractivity (Wildman–Crippen MR) is 67.5 cm³/mol. The second kappa shape index (κ2) is 5.35. The van der Waals surface area contributed by atoms with Crippen molar-refractivity contribution in [3.63, 3.8) is 0 Å². The van der Waals surface area contributed by atoms with E-state index >= 15 is 0 Å². The summed E-state index contributed by atoms with van der Waals surface area (Å²) in [5.41, 5.74) is 0.512. The first kappa shape index (κ1) is 12.2. The Morgan fingerprint density at radius 1 is 1.44 bits per heavy atom. The smallest absolute Gasteiger partial charge is 0.255 e. The second-order valence-corrected chi connectivity index (χ2v) is 3.87. The summed E-state index contributed by atoms with van der Waals surface area (Å²) >= 11 is 0. The lowest BCUT2D eigenvalue weighted by atomic mass is 10.1. The highest BCUT2D eigenvalue weighted by molar-refractivity contribution is 5.97. The van der Waals surface area contributed by atoms with E-state index < -0.39 is 0 Å². The molecule has 0 saturated carbocycles. The maximum atomic E-state index is 12.1. The molecule has 5 nitrogen and oxygen atoms in total. The number of imidazole rings is 1. The standard InChI is InChI=1S/C13H15N3O2/c1-9(12-14-7-8-15-12)16-13(17)10-5-3-4-6-11(10)18-2/h3-9H,1-2H3,(H,14,15)(H,16,17). The Bertz CT molecular complexity index is 523. The number of amides is 1. The molecule has 1 unspecified atom stereocenters. The van der Waals surface area contributed by atoms with Crippen molar-refractivity contribution in [3.05, 3.63) is 48.0 Å². The Balaban J connectivity index is 2.12. The SMILES string of the molecule is COc1ccccc1C(=O)NC(C)c1ncc[nH]1. The van der Waals surface area contributed by atoms with Crippen LogP contribution in [0.5, 0.6) is 5.75 Å². The van der Waals surface area contributed by atoms with Crippen LogP contribution in [-0.2, 0) is 0 Å². The number of hydrogen-bond donors (Lipinski definition) is 2. The van der Waals surface area contributed by atoms with Crippen LogP contribution < -0.4 is 10.1 Å². The Morgan fingerprint density at radius 3 is 2.89 bits per heavy atom. The lowest BCUT2D eigenvalue weighted by molar-refractivity contribution is 0.0935. The predicted octanol–water partition coefficient (Wildman–Crippen LogP) is 1.91. The fourth-order valence-electron chi connectivity index (χ4n) is 1.69. The maximum Gasteiger partial charge on any atom is 0.255 e. The first-order valence-corrected chi connectivity index (χ1v) is 5.65. The number of ether oxygens (including phenoxy) is 1. The van der Waals surface area contributed by atoms with E-state index in [1.165, 1.54) is 0 Å². The molecule has 1 aromatic carbocycles. The van der Waals surface area contributed by atoms with Crippen LogP contribution in [-0.4, -0.2) is 23.0 Å². The summed E-state index contributed by atoms with van der Waals surface area (Å²) in [7, 11) is 1.54. The molecule has 0 bridgehead atoms. The zero-order chi connectivity index (χ0) is 13.0. The lowest BCUT2D eigenvalue weighted by Crippen LogP contribution is -2.27. The number of methoxy groups -OCH3 is 1. The first-order chi connectivity index (χ1) is 8.72. The normalized spacial score (nSPS) is 11.9. The van der Waals surface area contributed by atoms with Gasteiger partial charge >= 0.3 is 0 Å². The fraction of sp³-hybridized carbons (Fsp3) is 0.231. The van der Waals surface area contributed by atoms with Gasteiger partial charge in [-0.05, 0) is 19.1 Å². The number of H-pyrrole nitrogens is 1. The Hall–Kier alpha value is -2.30. The largest absolute Gasteiger partial charge is 0.496 e. The summed E-state index contributed by atoms with van der Waals surface area (Å²) in [4.78, 5) is 19.2. The van der Waals surface area contributed by atoms with E-state index in [1.807, 2.05) is 13.0 Å². The number of aromatic amines is 1. The molecule has 2 rings (SSSR count). The monoisotopic (exact) mass is 245 g/mol. The van der Waals surface area contributed by atoms with Crippen molar-refractivity contribution in [3.8, 4) is 5.75 Å². The van der Waals surface area contributed by atoms with Gasteiger partial charge in [-0.15, -0.1) is 0 Å². The molecule has 1 heterocycles. The van der Waals surface area contributed by atoms with Crippen LogP contribution in [0.1, 0.15) is 29.1 Å². The van der Waals surface area contributed by atoms with Crippen LogP contribution in [0, 0.1) is 0 Å². The van der Waals surface area contributed by atoms with Gasteiger partial charge in [0, 0.05) is 12.4 Å². The van der Waals surface area contributed by atoms with E-state index in [-0.39, 0.29) is 11.9 Å². The van der Waals surface area contributed by atoms with Gasteiger partial charge in [0.05, 0.1) is 18.7 Å². The molecule has 0 aliphatic rings. The summed E-state index contributed by atoms with van der Waals surface area (Å²) in [6.07, 6.45) is 3.38. The van der Waals surface area contributed by atoms with E-state index in [4.69, 9.17) is 4.74 Å². The molecule has 18 heavy (non-hydrogen) atoms. The van der Waals surface area contributed by atoms with Crippen LogP contribution in [0.2, 0.25) is 0 Å². The Morgan fingerprint density at radius 2 is 2.22 bits per heavy atom. The second-order valence-electron chi connectivity index (χ2n) is 3.87. The summed E-state index contributed by atoms with van der Waals surface area (Å²) in [5.74, 6) is 1.09. The van der Waals surface area contributed by atoms with E-state index in [0.717, 1.165) is 5.82 Å². The zero-order valence-electron chi connectivity index (χ0n) is 10.3. The Kier molecular flexibility index (Phi) is 3.62. The molecule has 0 saturated heterocycles. The van der Waals surface area contributed by atoms with Crippen LogP contribution in [0.4, 0.5) is 0 Å². The molecular weight excluding hydrogens is 230 g/mol. The van der Waals surface area contributed by atoms with Gasteiger partial charge in [0.2, 0.25) is 0 Å². The summed E-state index contributed by atoms with van der Waals surface area (Å²) < 4.78 is 5.15. The number of aromatic nitrogens is 2. The maximum absolute atomic E-state index is 12.1.